The van der Waals surface area contributed by atoms with Crippen LogP contribution >= 0.6 is 11.5 Å². The van der Waals surface area contributed by atoms with E-state index in [9.17, 15) is 4.39 Å². The summed E-state index contributed by atoms with van der Waals surface area (Å²) >= 11 is 1.35. The molecule has 0 N–H and O–H groups in total. The first-order valence-electron chi connectivity index (χ1n) is 6.57. The Bertz CT molecular complexity index is 551. The monoisotopic (exact) mass is 294 g/mol. The molecule has 1 aliphatic heterocycles. The lowest BCUT2D eigenvalue weighted by Crippen LogP contribution is -2.40. The van der Waals surface area contributed by atoms with Gasteiger partial charge in [-0.2, -0.15) is 0 Å². The molecule has 0 saturated carbocycles. The zero-order chi connectivity index (χ0) is 13.8. The van der Waals surface area contributed by atoms with Crippen LogP contribution in [0.25, 0.3) is 0 Å². The topological polar surface area (TPSA) is 51.1 Å². The summed E-state index contributed by atoms with van der Waals surface area (Å²) in [4.78, 5) is 6.19. The van der Waals surface area contributed by atoms with Crippen molar-refractivity contribution in [3.8, 4) is 5.88 Å². The van der Waals surface area contributed by atoms with E-state index in [0.717, 1.165) is 38.2 Å². The lowest BCUT2D eigenvalue weighted by atomic mass is 10.1. The Balaban J connectivity index is 1.59. The molecule has 3 heterocycles. The van der Waals surface area contributed by atoms with Crippen molar-refractivity contribution in [3.63, 3.8) is 0 Å². The summed E-state index contributed by atoms with van der Waals surface area (Å²) in [7, 11) is 0. The molecule has 20 heavy (non-hydrogen) atoms. The van der Waals surface area contributed by atoms with Crippen molar-refractivity contribution in [1.82, 2.24) is 19.5 Å². The van der Waals surface area contributed by atoms with E-state index in [-0.39, 0.29) is 12.0 Å². The summed E-state index contributed by atoms with van der Waals surface area (Å²) in [6.07, 6.45) is 3.46. The fourth-order valence-corrected chi connectivity index (χ4v) is 2.79. The zero-order valence-electron chi connectivity index (χ0n) is 10.9. The van der Waals surface area contributed by atoms with E-state index in [1.54, 1.807) is 12.3 Å². The third kappa shape index (κ3) is 3.29. The first-order chi connectivity index (χ1) is 9.81. The highest BCUT2D eigenvalue weighted by atomic mass is 32.1. The lowest BCUT2D eigenvalue weighted by Gasteiger charge is -2.31. The molecule has 7 heteroatoms. The van der Waals surface area contributed by atoms with Gasteiger partial charge in [0, 0.05) is 24.7 Å². The highest BCUT2D eigenvalue weighted by Gasteiger charge is 2.23. The summed E-state index contributed by atoms with van der Waals surface area (Å²) in [5, 5.41) is 5.99. The number of likely N-dealkylation sites (tertiary alicyclic amines) is 1. The molecule has 0 spiro atoms. The molecule has 5 nitrogen and oxygen atoms in total. The quantitative estimate of drug-likeness (QED) is 0.864. The van der Waals surface area contributed by atoms with Gasteiger partial charge < -0.3 is 4.74 Å². The number of hydrogen-bond acceptors (Lipinski definition) is 6. The number of hydrogen-bond donors (Lipinski definition) is 0. The minimum absolute atomic E-state index is 0.0280. The first kappa shape index (κ1) is 13.4. The molecule has 0 amide bonds. The van der Waals surface area contributed by atoms with Gasteiger partial charge in [0.05, 0.1) is 5.69 Å². The maximum Gasteiger partial charge on any atom is 0.250 e. The standard InChI is InChI=1S/C13H15FN4OS/c14-12-4-1-5-15-13(12)19-11-3-2-6-18(8-11)7-10-9-20-17-16-10/h1,4-5,9,11H,2-3,6-8H2. The van der Waals surface area contributed by atoms with Crippen molar-refractivity contribution in [2.24, 2.45) is 0 Å². The van der Waals surface area contributed by atoms with Crippen LogP contribution in [0.2, 0.25) is 0 Å². The maximum absolute atomic E-state index is 13.5. The molecule has 1 saturated heterocycles. The SMILES string of the molecule is Fc1cccnc1OC1CCCN(Cc2csnn2)C1. The number of rotatable bonds is 4. The second-order valence-corrected chi connectivity index (χ2v) is 5.41. The average molecular weight is 294 g/mol. The number of ether oxygens (including phenoxy) is 1. The van der Waals surface area contributed by atoms with Crippen molar-refractivity contribution in [2.75, 3.05) is 13.1 Å². The van der Waals surface area contributed by atoms with Gasteiger partial charge in [0.15, 0.2) is 5.82 Å². The summed E-state index contributed by atoms with van der Waals surface area (Å²) < 4.78 is 23.1. The number of pyridine rings is 1. The van der Waals surface area contributed by atoms with Gasteiger partial charge in [-0.1, -0.05) is 4.49 Å². The van der Waals surface area contributed by atoms with Crippen LogP contribution in [0, 0.1) is 5.82 Å². The zero-order valence-corrected chi connectivity index (χ0v) is 11.7. The van der Waals surface area contributed by atoms with E-state index in [2.05, 4.69) is 19.5 Å². The van der Waals surface area contributed by atoms with Gasteiger partial charge in [0.2, 0.25) is 0 Å². The van der Waals surface area contributed by atoms with E-state index < -0.39 is 5.82 Å². The molecule has 0 aromatic carbocycles. The van der Waals surface area contributed by atoms with E-state index in [0.29, 0.717) is 0 Å². The van der Waals surface area contributed by atoms with Crippen LogP contribution in [0.15, 0.2) is 23.7 Å². The molecular formula is C13H15FN4OS. The largest absolute Gasteiger partial charge is 0.471 e. The Morgan fingerprint density at radius 2 is 2.45 bits per heavy atom. The third-order valence-corrected chi connectivity index (χ3v) is 3.81. The minimum Gasteiger partial charge on any atom is -0.471 e. The summed E-state index contributed by atoms with van der Waals surface area (Å²) in [6, 6.07) is 2.93. The van der Waals surface area contributed by atoms with Crippen LogP contribution in [0.4, 0.5) is 4.39 Å². The van der Waals surface area contributed by atoms with Gasteiger partial charge >= 0.3 is 0 Å². The van der Waals surface area contributed by atoms with E-state index in [1.165, 1.54) is 17.6 Å². The smallest absolute Gasteiger partial charge is 0.250 e. The van der Waals surface area contributed by atoms with Gasteiger partial charge in [-0.05, 0) is 43.1 Å². The van der Waals surface area contributed by atoms with Crippen LogP contribution in [0.5, 0.6) is 5.88 Å². The van der Waals surface area contributed by atoms with Gasteiger partial charge in [0.1, 0.15) is 6.10 Å². The maximum atomic E-state index is 13.5. The van der Waals surface area contributed by atoms with Crippen LogP contribution in [0.1, 0.15) is 18.5 Å². The second kappa shape index (κ2) is 6.23. The molecule has 1 atom stereocenters. The Morgan fingerprint density at radius 3 is 3.25 bits per heavy atom. The molecule has 106 valence electrons. The molecule has 0 bridgehead atoms. The van der Waals surface area contributed by atoms with Gasteiger partial charge in [-0.25, -0.2) is 9.37 Å². The van der Waals surface area contributed by atoms with Gasteiger partial charge in [-0.15, -0.1) is 5.10 Å². The van der Waals surface area contributed by atoms with Crippen LogP contribution < -0.4 is 4.74 Å². The molecule has 2 aromatic heterocycles. The van der Waals surface area contributed by atoms with E-state index in [1.807, 2.05) is 5.38 Å². The summed E-state index contributed by atoms with van der Waals surface area (Å²) in [6.45, 7) is 2.52. The highest BCUT2D eigenvalue weighted by molar-refractivity contribution is 7.03. The molecule has 3 rings (SSSR count). The predicted octanol–water partition coefficient (Wildman–Crippen LogP) is 2.12. The molecule has 1 unspecified atom stereocenters. The van der Waals surface area contributed by atoms with Crippen LogP contribution in [0.3, 0.4) is 0 Å². The summed E-state index contributed by atoms with van der Waals surface area (Å²) in [5.74, 6) is -0.317. The Morgan fingerprint density at radius 1 is 1.50 bits per heavy atom. The summed E-state index contributed by atoms with van der Waals surface area (Å²) in [5.41, 5.74) is 0.972. The molecule has 0 aliphatic carbocycles. The average Bonchev–Trinajstić information content (AvgIpc) is 2.95. The van der Waals surface area contributed by atoms with Crippen molar-refractivity contribution in [2.45, 2.75) is 25.5 Å². The Hall–Kier alpha value is -1.60. The Kier molecular flexibility index (Phi) is 4.17. The number of piperidine rings is 1. The predicted molar refractivity (Wildman–Crippen MR) is 73.0 cm³/mol. The van der Waals surface area contributed by atoms with Crippen LogP contribution in [-0.2, 0) is 6.54 Å². The number of nitrogens with zero attached hydrogens (tertiary/aromatic N) is 4. The number of aromatic nitrogens is 3. The number of halogens is 1. The van der Waals surface area contributed by atoms with Crippen molar-refractivity contribution >= 4 is 11.5 Å². The van der Waals surface area contributed by atoms with E-state index in [4.69, 9.17) is 4.74 Å². The first-order valence-corrected chi connectivity index (χ1v) is 7.40. The highest BCUT2D eigenvalue weighted by Crippen LogP contribution is 2.20. The van der Waals surface area contributed by atoms with E-state index >= 15 is 0 Å². The fraction of sp³-hybridized carbons (Fsp3) is 0.462. The second-order valence-electron chi connectivity index (χ2n) is 4.80. The minimum atomic E-state index is -0.409. The van der Waals surface area contributed by atoms with Crippen molar-refractivity contribution in [1.29, 1.82) is 0 Å². The molecule has 2 aromatic rings. The van der Waals surface area contributed by atoms with Crippen LogP contribution in [-0.4, -0.2) is 38.7 Å². The van der Waals surface area contributed by atoms with Gasteiger partial charge in [0.25, 0.3) is 5.88 Å². The van der Waals surface area contributed by atoms with Crippen molar-refractivity contribution in [3.05, 3.63) is 35.2 Å². The van der Waals surface area contributed by atoms with Crippen molar-refractivity contribution < 1.29 is 9.13 Å². The molecular weight excluding hydrogens is 279 g/mol. The Labute approximate surface area is 120 Å². The normalized spacial score (nSPS) is 19.9. The molecule has 0 radical (unpaired) electrons. The molecule has 1 aliphatic rings. The molecule has 1 fully saturated rings. The fourth-order valence-electron chi connectivity index (χ4n) is 2.35. The van der Waals surface area contributed by atoms with Gasteiger partial charge in [-0.3, -0.25) is 4.90 Å². The lowest BCUT2D eigenvalue weighted by molar-refractivity contribution is 0.0768. The third-order valence-electron chi connectivity index (χ3n) is 3.26.